The second kappa shape index (κ2) is 7.91. The van der Waals surface area contributed by atoms with E-state index >= 15 is 0 Å². The molecule has 0 aliphatic carbocycles. The zero-order valence-corrected chi connectivity index (χ0v) is 13.1. The Morgan fingerprint density at radius 2 is 2.10 bits per heavy atom. The third kappa shape index (κ3) is 4.96. The van der Waals surface area contributed by atoms with Crippen molar-refractivity contribution in [1.82, 2.24) is 4.90 Å². The molecule has 0 saturated carbocycles. The van der Waals surface area contributed by atoms with E-state index in [1.54, 1.807) is 0 Å². The van der Waals surface area contributed by atoms with Crippen LogP contribution >= 0.6 is 0 Å². The Bertz CT molecular complexity index is 456. The number of nitrogens with one attached hydrogen (secondary N) is 1. The molecule has 1 aliphatic rings. The van der Waals surface area contributed by atoms with Crippen molar-refractivity contribution in [3.8, 4) is 5.75 Å². The fourth-order valence-corrected chi connectivity index (χ4v) is 2.43. The summed E-state index contributed by atoms with van der Waals surface area (Å²) in [4.78, 5) is 14.1. The van der Waals surface area contributed by atoms with E-state index in [4.69, 9.17) is 4.74 Å². The molecule has 0 aromatic heterocycles. The van der Waals surface area contributed by atoms with Gasteiger partial charge in [-0.2, -0.15) is 0 Å². The lowest BCUT2D eigenvalue weighted by molar-refractivity contribution is -0.130. The van der Waals surface area contributed by atoms with Gasteiger partial charge in [0.2, 0.25) is 5.91 Å². The molecule has 1 aromatic carbocycles. The molecule has 0 spiro atoms. The fraction of sp³-hybridized carbons (Fsp3) is 0.588. The van der Waals surface area contributed by atoms with Crippen LogP contribution in [0.4, 0.5) is 5.69 Å². The van der Waals surface area contributed by atoms with E-state index in [0.29, 0.717) is 6.54 Å². The van der Waals surface area contributed by atoms with Gasteiger partial charge in [0.25, 0.3) is 0 Å². The minimum absolute atomic E-state index is 0.183. The molecule has 1 N–H and O–H groups in total. The first-order valence-corrected chi connectivity index (χ1v) is 7.97. The van der Waals surface area contributed by atoms with Crippen LogP contribution < -0.4 is 10.1 Å². The van der Waals surface area contributed by atoms with Crippen molar-refractivity contribution >= 4 is 11.6 Å². The lowest BCUT2D eigenvalue weighted by atomic mass is 10.1. The van der Waals surface area contributed by atoms with Crippen LogP contribution in [-0.4, -0.2) is 36.5 Å². The maximum atomic E-state index is 12.1. The Hall–Kier alpha value is -1.71. The van der Waals surface area contributed by atoms with Gasteiger partial charge in [0.15, 0.2) is 0 Å². The van der Waals surface area contributed by atoms with Crippen molar-refractivity contribution in [1.29, 1.82) is 0 Å². The van der Waals surface area contributed by atoms with E-state index in [-0.39, 0.29) is 12.0 Å². The highest BCUT2D eigenvalue weighted by atomic mass is 16.5. The van der Waals surface area contributed by atoms with Gasteiger partial charge in [-0.15, -0.1) is 0 Å². The molecule has 1 atom stereocenters. The number of amides is 1. The van der Waals surface area contributed by atoms with Gasteiger partial charge in [0.1, 0.15) is 5.75 Å². The second-order valence-electron chi connectivity index (χ2n) is 5.66. The number of ether oxygens (including phenoxy) is 1. The van der Waals surface area contributed by atoms with E-state index in [0.717, 1.165) is 43.8 Å². The van der Waals surface area contributed by atoms with Crippen LogP contribution in [0.2, 0.25) is 0 Å². The minimum Gasteiger partial charge on any atom is -0.491 e. The molecular formula is C17H26N2O2. The molecule has 1 amide bonds. The topological polar surface area (TPSA) is 41.6 Å². The number of nitrogens with zero attached hydrogens (tertiary/aromatic N) is 1. The maximum absolute atomic E-state index is 12.1. The molecule has 0 radical (unpaired) electrons. The molecule has 0 bridgehead atoms. The summed E-state index contributed by atoms with van der Waals surface area (Å²) in [6.45, 7) is 6.31. The fourth-order valence-electron chi connectivity index (χ4n) is 2.43. The van der Waals surface area contributed by atoms with E-state index in [9.17, 15) is 4.79 Å². The number of benzene rings is 1. The number of hydrogen-bond acceptors (Lipinski definition) is 3. The average Bonchev–Trinajstić information content (AvgIpc) is 2.53. The molecule has 2 rings (SSSR count). The molecular weight excluding hydrogens is 264 g/mol. The highest BCUT2D eigenvalue weighted by Gasteiger charge is 2.15. The summed E-state index contributed by atoms with van der Waals surface area (Å²) in [5.74, 6) is 1.03. The Balaban J connectivity index is 1.84. The Morgan fingerprint density at radius 1 is 1.33 bits per heavy atom. The highest BCUT2D eigenvalue weighted by molar-refractivity contribution is 5.81. The summed E-state index contributed by atoms with van der Waals surface area (Å²) < 4.78 is 5.79. The summed E-state index contributed by atoms with van der Waals surface area (Å²) in [6.07, 6.45) is 4.68. The zero-order valence-electron chi connectivity index (χ0n) is 13.1. The van der Waals surface area contributed by atoms with Crippen LogP contribution in [0.15, 0.2) is 24.3 Å². The van der Waals surface area contributed by atoms with Crippen molar-refractivity contribution in [2.45, 2.75) is 45.6 Å². The van der Waals surface area contributed by atoms with Crippen LogP contribution in [-0.2, 0) is 4.79 Å². The molecule has 116 valence electrons. The van der Waals surface area contributed by atoms with Crippen LogP contribution in [0.1, 0.15) is 39.5 Å². The Morgan fingerprint density at radius 3 is 2.81 bits per heavy atom. The van der Waals surface area contributed by atoms with Gasteiger partial charge in [-0.3, -0.25) is 4.79 Å². The standard InChI is InChI=1S/C17H26N2O2/c1-3-14(2)21-16-9-7-8-15(12-16)18-13-17(20)19-10-5-4-6-11-19/h7-9,12,14,18H,3-6,10-11,13H2,1-2H3. The Labute approximate surface area is 127 Å². The van der Waals surface area contributed by atoms with Crippen LogP contribution in [0.25, 0.3) is 0 Å². The lowest BCUT2D eigenvalue weighted by Gasteiger charge is -2.27. The third-order valence-corrected chi connectivity index (χ3v) is 3.90. The molecule has 1 aromatic rings. The lowest BCUT2D eigenvalue weighted by Crippen LogP contribution is -2.39. The minimum atomic E-state index is 0.183. The smallest absolute Gasteiger partial charge is 0.241 e. The van der Waals surface area contributed by atoms with Crippen LogP contribution in [0, 0.1) is 0 Å². The highest BCUT2D eigenvalue weighted by Crippen LogP contribution is 2.19. The SMILES string of the molecule is CCC(C)Oc1cccc(NCC(=O)N2CCCCC2)c1. The van der Waals surface area contributed by atoms with E-state index in [2.05, 4.69) is 19.2 Å². The molecule has 21 heavy (non-hydrogen) atoms. The second-order valence-corrected chi connectivity index (χ2v) is 5.66. The van der Waals surface area contributed by atoms with Gasteiger partial charge in [0.05, 0.1) is 12.6 Å². The predicted octanol–water partition coefficient (Wildman–Crippen LogP) is 3.29. The zero-order chi connectivity index (χ0) is 15.1. The van der Waals surface area contributed by atoms with Gasteiger partial charge in [-0.25, -0.2) is 0 Å². The largest absolute Gasteiger partial charge is 0.491 e. The van der Waals surface area contributed by atoms with Crippen LogP contribution in [0.3, 0.4) is 0 Å². The number of anilines is 1. The van der Waals surface area contributed by atoms with Crippen molar-refractivity contribution in [3.05, 3.63) is 24.3 Å². The normalized spacial score (nSPS) is 16.4. The van der Waals surface area contributed by atoms with E-state index in [1.807, 2.05) is 29.2 Å². The number of carbonyl (C=O) groups excluding carboxylic acids is 1. The number of hydrogen-bond donors (Lipinski definition) is 1. The first-order chi connectivity index (χ1) is 10.2. The quantitative estimate of drug-likeness (QED) is 0.874. The Kier molecular flexibility index (Phi) is 5.90. The maximum Gasteiger partial charge on any atom is 0.241 e. The summed E-state index contributed by atoms with van der Waals surface area (Å²) in [5.41, 5.74) is 0.932. The average molecular weight is 290 g/mol. The number of rotatable bonds is 6. The van der Waals surface area contributed by atoms with Crippen molar-refractivity contribution in [3.63, 3.8) is 0 Å². The summed E-state index contributed by atoms with van der Waals surface area (Å²) >= 11 is 0. The first kappa shape index (κ1) is 15.7. The monoisotopic (exact) mass is 290 g/mol. The van der Waals surface area contributed by atoms with Crippen molar-refractivity contribution in [2.24, 2.45) is 0 Å². The van der Waals surface area contributed by atoms with Gasteiger partial charge >= 0.3 is 0 Å². The van der Waals surface area contributed by atoms with Gasteiger partial charge in [-0.1, -0.05) is 13.0 Å². The molecule has 4 heteroatoms. The van der Waals surface area contributed by atoms with Gasteiger partial charge in [-0.05, 0) is 44.7 Å². The van der Waals surface area contributed by atoms with Crippen LogP contribution in [0.5, 0.6) is 5.75 Å². The molecule has 1 unspecified atom stereocenters. The molecule has 1 heterocycles. The number of likely N-dealkylation sites (tertiary alicyclic amines) is 1. The third-order valence-electron chi connectivity index (χ3n) is 3.90. The van der Waals surface area contributed by atoms with Crippen molar-refractivity contribution in [2.75, 3.05) is 25.0 Å². The molecule has 1 aliphatic heterocycles. The molecule has 4 nitrogen and oxygen atoms in total. The predicted molar refractivity (Wildman–Crippen MR) is 85.7 cm³/mol. The van der Waals surface area contributed by atoms with Gasteiger partial charge < -0.3 is 15.0 Å². The number of piperidine rings is 1. The molecule has 1 fully saturated rings. The molecule has 1 saturated heterocycles. The van der Waals surface area contributed by atoms with Crippen molar-refractivity contribution < 1.29 is 9.53 Å². The summed E-state index contributed by atoms with van der Waals surface area (Å²) in [5, 5.41) is 3.20. The number of carbonyl (C=O) groups is 1. The summed E-state index contributed by atoms with van der Waals surface area (Å²) in [6, 6.07) is 7.82. The van der Waals surface area contributed by atoms with Gasteiger partial charge in [0, 0.05) is 24.8 Å². The summed E-state index contributed by atoms with van der Waals surface area (Å²) in [7, 11) is 0. The van der Waals surface area contributed by atoms with E-state index < -0.39 is 0 Å². The first-order valence-electron chi connectivity index (χ1n) is 7.97. The van der Waals surface area contributed by atoms with E-state index in [1.165, 1.54) is 6.42 Å².